The second-order valence-corrected chi connectivity index (χ2v) is 6.14. The summed E-state index contributed by atoms with van der Waals surface area (Å²) < 4.78 is 14.1. The summed E-state index contributed by atoms with van der Waals surface area (Å²) in [6.45, 7) is 1.97. The van der Waals surface area contributed by atoms with Crippen molar-refractivity contribution < 1.29 is 9.18 Å². The molecular formula is C18H14BrFN2O. The zero-order valence-electron chi connectivity index (χ0n) is 12.7. The summed E-state index contributed by atoms with van der Waals surface area (Å²) in [5, 5.41) is 3.51. The van der Waals surface area contributed by atoms with Crippen molar-refractivity contribution in [3.8, 4) is 11.1 Å². The van der Waals surface area contributed by atoms with E-state index in [9.17, 15) is 9.18 Å². The summed E-state index contributed by atoms with van der Waals surface area (Å²) in [4.78, 5) is 16.8. The van der Waals surface area contributed by atoms with Gasteiger partial charge in [0.2, 0.25) is 0 Å². The highest BCUT2D eigenvalue weighted by Gasteiger charge is 2.16. The van der Waals surface area contributed by atoms with Gasteiger partial charge < -0.3 is 5.32 Å². The number of carbonyl (C=O) groups excluding carboxylic acids is 1. The summed E-state index contributed by atoms with van der Waals surface area (Å²) in [5.41, 5.74) is 3.52. The lowest BCUT2D eigenvalue weighted by Gasteiger charge is -2.11. The van der Waals surface area contributed by atoms with Crippen LogP contribution in [0.1, 0.15) is 16.1 Å². The molecule has 1 heterocycles. The normalized spacial score (nSPS) is 10.8. The van der Waals surface area contributed by atoms with Crippen LogP contribution in [-0.4, -0.2) is 17.9 Å². The number of nitrogens with zero attached hydrogens (tertiary/aromatic N) is 1. The fraction of sp³-hybridized carbons (Fsp3) is 0.111. The molecule has 3 rings (SSSR count). The Morgan fingerprint density at radius 2 is 1.87 bits per heavy atom. The van der Waals surface area contributed by atoms with Gasteiger partial charge in [-0.05, 0) is 48.4 Å². The zero-order valence-corrected chi connectivity index (χ0v) is 14.2. The summed E-state index contributed by atoms with van der Waals surface area (Å²) in [7, 11) is 1.56. The Balaban J connectivity index is 2.33. The maximum Gasteiger partial charge on any atom is 0.270 e. The minimum Gasteiger partial charge on any atom is -0.354 e. The molecule has 0 spiro atoms. The van der Waals surface area contributed by atoms with Crippen molar-refractivity contribution in [3.63, 3.8) is 0 Å². The number of hydrogen-bond donors (Lipinski definition) is 1. The molecule has 0 saturated heterocycles. The van der Waals surface area contributed by atoms with Crippen LogP contribution in [0.15, 0.2) is 46.9 Å². The Morgan fingerprint density at radius 1 is 1.17 bits per heavy atom. The number of benzene rings is 2. The van der Waals surface area contributed by atoms with Crippen LogP contribution in [0, 0.1) is 12.7 Å². The van der Waals surface area contributed by atoms with Gasteiger partial charge in [0.1, 0.15) is 11.5 Å². The Kier molecular flexibility index (Phi) is 4.13. The predicted octanol–water partition coefficient (Wildman–Crippen LogP) is 4.47. The van der Waals surface area contributed by atoms with Crippen molar-refractivity contribution >= 4 is 32.7 Å². The minimum absolute atomic E-state index is 0.274. The zero-order chi connectivity index (χ0) is 16.6. The molecule has 0 aliphatic carbocycles. The average Bonchev–Trinajstić information content (AvgIpc) is 2.54. The standard InChI is InChI=1S/C18H14BrFN2O/c1-10-7-15(19)14-9-13(11-3-5-12(20)6-4-11)17(18(23)21-2)22-16(14)8-10/h3-9H,1-2H3,(H,21,23). The maximum absolute atomic E-state index is 13.2. The molecule has 3 aromatic rings. The van der Waals surface area contributed by atoms with E-state index in [1.54, 1.807) is 19.2 Å². The van der Waals surface area contributed by atoms with Gasteiger partial charge in [0.05, 0.1) is 5.52 Å². The van der Waals surface area contributed by atoms with E-state index in [0.717, 1.165) is 26.5 Å². The molecule has 116 valence electrons. The van der Waals surface area contributed by atoms with Crippen LogP contribution < -0.4 is 5.32 Å². The Labute approximate surface area is 141 Å². The molecule has 23 heavy (non-hydrogen) atoms. The molecule has 0 aliphatic heterocycles. The van der Waals surface area contributed by atoms with Gasteiger partial charge in [-0.1, -0.05) is 28.1 Å². The molecule has 0 unspecified atom stereocenters. The lowest BCUT2D eigenvalue weighted by molar-refractivity contribution is 0.0959. The Bertz CT molecular complexity index is 907. The van der Waals surface area contributed by atoms with Crippen LogP contribution >= 0.6 is 15.9 Å². The van der Waals surface area contributed by atoms with Crippen molar-refractivity contribution in [3.05, 3.63) is 64.0 Å². The molecule has 0 atom stereocenters. The first-order valence-electron chi connectivity index (χ1n) is 7.08. The van der Waals surface area contributed by atoms with Crippen LogP contribution in [0.3, 0.4) is 0 Å². The number of rotatable bonds is 2. The number of amides is 1. The molecule has 5 heteroatoms. The lowest BCUT2D eigenvalue weighted by atomic mass is 10.0. The van der Waals surface area contributed by atoms with Crippen LogP contribution in [-0.2, 0) is 0 Å². The molecule has 1 aromatic heterocycles. The van der Waals surface area contributed by atoms with E-state index >= 15 is 0 Å². The Morgan fingerprint density at radius 3 is 2.52 bits per heavy atom. The molecule has 0 radical (unpaired) electrons. The first-order chi connectivity index (χ1) is 11.0. The second-order valence-electron chi connectivity index (χ2n) is 5.28. The molecule has 1 N–H and O–H groups in total. The first kappa shape index (κ1) is 15.6. The summed E-state index contributed by atoms with van der Waals surface area (Å²) in [6.07, 6.45) is 0. The summed E-state index contributed by atoms with van der Waals surface area (Å²) >= 11 is 3.54. The largest absolute Gasteiger partial charge is 0.354 e. The van der Waals surface area contributed by atoms with E-state index in [-0.39, 0.29) is 11.7 Å². The lowest BCUT2D eigenvalue weighted by Crippen LogP contribution is -2.20. The summed E-state index contributed by atoms with van der Waals surface area (Å²) in [6, 6.07) is 11.9. The van der Waals surface area contributed by atoms with Crippen molar-refractivity contribution in [1.82, 2.24) is 10.3 Å². The summed E-state index contributed by atoms with van der Waals surface area (Å²) in [5.74, 6) is -0.593. The molecule has 0 saturated carbocycles. The van der Waals surface area contributed by atoms with Crippen LogP contribution in [0.25, 0.3) is 22.0 Å². The molecule has 1 amide bonds. The monoisotopic (exact) mass is 372 g/mol. The van der Waals surface area contributed by atoms with Gasteiger partial charge in [-0.15, -0.1) is 0 Å². The predicted molar refractivity (Wildman–Crippen MR) is 93.0 cm³/mol. The third-order valence-corrected chi connectivity index (χ3v) is 4.28. The van der Waals surface area contributed by atoms with Gasteiger partial charge >= 0.3 is 0 Å². The molecule has 2 aromatic carbocycles. The number of pyridine rings is 1. The van der Waals surface area contributed by atoms with Crippen LogP contribution in [0.5, 0.6) is 0 Å². The number of hydrogen-bond acceptors (Lipinski definition) is 2. The quantitative estimate of drug-likeness (QED) is 0.720. The average molecular weight is 373 g/mol. The van der Waals surface area contributed by atoms with E-state index < -0.39 is 0 Å². The van der Waals surface area contributed by atoms with E-state index in [0.29, 0.717) is 11.3 Å². The van der Waals surface area contributed by atoms with Gasteiger partial charge in [0, 0.05) is 22.5 Å². The van der Waals surface area contributed by atoms with E-state index in [1.165, 1.54) is 12.1 Å². The van der Waals surface area contributed by atoms with E-state index in [4.69, 9.17) is 0 Å². The topological polar surface area (TPSA) is 42.0 Å². The van der Waals surface area contributed by atoms with Gasteiger partial charge in [0.15, 0.2) is 0 Å². The van der Waals surface area contributed by atoms with Gasteiger partial charge in [-0.25, -0.2) is 9.37 Å². The highest BCUT2D eigenvalue weighted by Crippen LogP contribution is 2.31. The van der Waals surface area contributed by atoms with Crippen molar-refractivity contribution in [1.29, 1.82) is 0 Å². The van der Waals surface area contributed by atoms with Gasteiger partial charge in [-0.3, -0.25) is 4.79 Å². The van der Waals surface area contributed by atoms with Crippen LogP contribution in [0.2, 0.25) is 0 Å². The SMILES string of the molecule is CNC(=O)c1nc2cc(C)cc(Br)c2cc1-c1ccc(F)cc1. The molecule has 0 bridgehead atoms. The third-order valence-electron chi connectivity index (χ3n) is 3.63. The Hall–Kier alpha value is -2.27. The van der Waals surface area contributed by atoms with E-state index in [1.807, 2.05) is 25.1 Å². The van der Waals surface area contributed by atoms with E-state index in [2.05, 4.69) is 26.2 Å². The number of halogens is 2. The molecule has 3 nitrogen and oxygen atoms in total. The molecular weight excluding hydrogens is 359 g/mol. The smallest absolute Gasteiger partial charge is 0.270 e. The highest BCUT2D eigenvalue weighted by molar-refractivity contribution is 9.10. The number of aromatic nitrogens is 1. The van der Waals surface area contributed by atoms with Gasteiger partial charge in [-0.2, -0.15) is 0 Å². The first-order valence-corrected chi connectivity index (χ1v) is 7.88. The number of fused-ring (bicyclic) bond motifs is 1. The number of carbonyl (C=O) groups is 1. The second kappa shape index (κ2) is 6.08. The van der Waals surface area contributed by atoms with Crippen molar-refractivity contribution in [2.45, 2.75) is 6.92 Å². The third kappa shape index (κ3) is 2.97. The van der Waals surface area contributed by atoms with Crippen molar-refractivity contribution in [2.24, 2.45) is 0 Å². The molecule has 0 fully saturated rings. The number of nitrogens with one attached hydrogen (secondary N) is 1. The van der Waals surface area contributed by atoms with Crippen LogP contribution in [0.4, 0.5) is 4.39 Å². The molecule has 0 aliphatic rings. The number of aryl methyl sites for hydroxylation is 1. The van der Waals surface area contributed by atoms with Gasteiger partial charge in [0.25, 0.3) is 5.91 Å². The van der Waals surface area contributed by atoms with Crippen molar-refractivity contribution in [2.75, 3.05) is 7.05 Å². The highest BCUT2D eigenvalue weighted by atomic mass is 79.9. The minimum atomic E-state index is -0.319. The fourth-order valence-corrected chi connectivity index (χ4v) is 3.18. The maximum atomic E-state index is 13.2. The fourth-order valence-electron chi connectivity index (χ4n) is 2.50.